The molecule has 2 bridgehead atoms. The molecule has 0 aromatic carbocycles. The fraction of sp³-hybridized carbons (Fsp3) is 0.583. The van der Waals surface area contributed by atoms with Gasteiger partial charge in [-0.25, -0.2) is 0 Å². The Morgan fingerprint density at radius 1 is 1.56 bits per heavy atom. The van der Waals surface area contributed by atoms with Crippen LogP contribution < -0.4 is 0 Å². The minimum Gasteiger partial charge on any atom is -0.335 e. The van der Waals surface area contributed by atoms with Crippen LogP contribution in [0.25, 0.3) is 0 Å². The molecule has 1 saturated heterocycles. The standard InChI is InChI=1S/C12H14BrNOS/c1-7-4-10(16-11(7)13)12(15)14-6-8-2-3-9(14)5-8/h4,8-9H,2-3,5-6H2,1H3. The van der Waals surface area contributed by atoms with Crippen LogP contribution in [0.5, 0.6) is 0 Å². The summed E-state index contributed by atoms with van der Waals surface area (Å²) in [4.78, 5) is 15.3. The van der Waals surface area contributed by atoms with Crippen molar-refractivity contribution in [2.75, 3.05) is 6.54 Å². The van der Waals surface area contributed by atoms with Crippen molar-refractivity contribution >= 4 is 33.2 Å². The molecule has 3 rings (SSSR count). The first kappa shape index (κ1) is 10.8. The summed E-state index contributed by atoms with van der Waals surface area (Å²) in [5, 5.41) is 0. The van der Waals surface area contributed by atoms with Crippen molar-refractivity contribution < 1.29 is 4.79 Å². The Labute approximate surface area is 108 Å². The minimum atomic E-state index is 0.242. The molecule has 2 aliphatic rings. The van der Waals surface area contributed by atoms with Gasteiger partial charge in [-0.2, -0.15) is 0 Å². The Morgan fingerprint density at radius 3 is 2.88 bits per heavy atom. The van der Waals surface area contributed by atoms with Gasteiger partial charge in [0, 0.05) is 12.6 Å². The molecule has 1 aromatic heterocycles. The van der Waals surface area contributed by atoms with E-state index in [9.17, 15) is 4.79 Å². The minimum absolute atomic E-state index is 0.242. The van der Waals surface area contributed by atoms with Crippen molar-refractivity contribution in [2.45, 2.75) is 32.2 Å². The monoisotopic (exact) mass is 299 g/mol. The molecule has 0 spiro atoms. The van der Waals surface area contributed by atoms with E-state index in [1.807, 2.05) is 13.0 Å². The number of carbonyl (C=O) groups is 1. The van der Waals surface area contributed by atoms with Crippen LogP contribution in [-0.2, 0) is 0 Å². The molecule has 1 saturated carbocycles. The highest BCUT2D eigenvalue weighted by Crippen LogP contribution is 2.39. The zero-order valence-electron chi connectivity index (χ0n) is 9.20. The van der Waals surface area contributed by atoms with Crippen LogP contribution in [0, 0.1) is 12.8 Å². The summed E-state index contributed by atoms with van der Waals surface area (Å²) in [5.41, 5.74) is 1.16. The van der Waals surface area contributed by atoms with E-state index in [2.05, 4.69) is 20.8 Å². The number of aryl methyl sites for hydroxylation is 1. The first-order valence-electron chi connectivity index (χ1n) is 5.72. The molecule has 2 atom stereocenters. The maximum absolute atomic E-state index is 12.3. The van der Waals surface area contributed by atoms with Gasteiger partial charge in [-0.15, -0.1) is 11.3 Å². The van der Waals surface area contributed by atoms with Gasteiger partial charge in [0.1, 0.15) is 0 Å². The number of rotatable bonds is 1. The number of amides is 1. The Hall–Kier alpha value is -0.350. The second-order valence-corrected chi connectivity index (χ2v) is 7.23. The summed E-state index contributed by atoms with van der Waals surface area (Å²) in [6, 6.07) is 2.53. The molecular weight excluding hydrogens is 286 g/mol. The van der Waals surface area contributed by atoms with Gasteiger partial charge in [-0.1, -0.05) is 0 Å². The maximum Gasteiger partial charge on any atom is 0.264 e. The molecule has 86 valence electrons. The highest BCUT2D eigenvalue weighted by Gasteiger charge is 2.40. The van der Waals surface area contributed by atoms with E-state index in [4.69, 9.17) is 0 Å². The molecule has 1 amide bonds. The summed E-state index contributed by atoms with van der Waals surface area (Å²) in [6.07, 6.45) is 3.76. The number of piperidine rings is 1. The maximum atomic E-state index is 12.3. The summed E-state index contributed by atoms with van der Waals surface area (Å²) in [6.45, 7) is 3.02. The van der Waals surface area contributed by atoms with Gasteiger partial charge in [0.2, 0.25) is 0 Å². The Bertz CT molecular complexity index is 423. The van der Waals surface area contributed by atoms with Crippen LogP contribution >= 0.6 is 27.3 Å². The molecule has 2 unspecified atom stereocenters. The number of fused-ring (bicyclic) bond motifs is 2. The number of likely N-dealkylation sites (tertiary alicyclic amines) is 1. The molecule has 4 heteroatoms. The molecule has 0 radical (unpaired) electrons. The molecular formula is C12H14BrNOS. The van der Waals surface area contributed by atoms with Gasteiger partial charge >= 0.3 is 0 Å². The smallest absolute Gasteiger partial charge is 0.264 e. The summed E-state index contributed by atoms with van der Waals surface area (Å²) in [7, 11) is 0. The first-order chi connectivity index (χ1) is 7.65. The van der Waals surface area contributed by atoms with Crippen molar-refractivity contribution in [1.29, 1.82) is 0 Å². The molecule has 2 heterocycles. The van der Waals surface area contributed by atoms with Crippen LogP contribution in [0.15, 0.2) is 9.85 Å². The molecule has 16 heavy (non-hydrogen) atoms. The number of hydrogen-bond acceptors (Lipinski definition) is 2. The fourth-order valence-corrected chi connectivity index (χ4v) is 4.37. The van der Waals surface area contributed by atoms with Crippen molar-refractivity contribution in [2.24, 2.45) is 5.92 Å². The second-order valence-electron chi connectivity index (χ2n) is 4.86. The van der Waals surface area contributed by atoms with Gasteiger partial charge in [0.05, 0.1) is 8.66 Å². The van der Waals surface area contributed by atoms with E-state index in [1.54, 1.807) is 11.3 Å². The van der Waals surface area contributed by atoms with Gasteiger partial charge in [0.15, 0.2) is 0 Å². The predicted molar refractivity (Wildman–Crippen MR) is 68.9 cm³/mol. The van der Waals surface area contributed by atoms with Gasteiger partial charge in [-0.05, 0) is 59.7 Å². The number of hydrogen-bond donors (Lipinski definition) is 0. The molecule has 2 nitrogen and oxygen atoms in total. The van der Waals surface area contributed by atoms with E-state index in [0.717, 1.165) is 26.7 Å². The van der Waals surface area contributed by atoms with Gasteiger partial charge < -0.3 is 4.90 Å². The highest BCUT2D eigenvalue weighted by atomic mass is 79.9. The summed E-state index contributed by atoms with van der Waals surface area (Å²) in [5.74, 6) is 1.02. The third-order valence-electron chi connectivity index (χ3n) is 3.74. The summed E-state index contributed by atoms with van der Waals surface area (Å²) < 4.78 is 1.08. The van der Waals surface area contributed by atoms with Crippen molar-refractivity contribution in [3.05, 3.63) is 20.3 Å². The normalized spacial score (nSPS) is 27.8. The van der Waals surface area contributed by atoms with Crippen molar-refractivity contribution in [3.63, 3.8) is 0 Å². The first-order valence-corrected chi connectivity index (χ1v) is 7.33. The van der Waals surface area contributed by atoms with Crippen LogP contribution in [0.4, 0.5) is 0 Å². The average molecular weight is 300 g/mol. The molecule has 2 fully saturated rings. The quantitative estimate of drug-likeness (QED) is 0.778. The van der Waals surface area contributed by atoms with E-state index >= 15 is 0 Å². The Morgan fingerprint density at radius 2 is 2.38 bits per heavy atom. The van der Waals surface area contributed by atoms with Crippen LogP contribution in [0.1, 0.15) is 34.5 Å². The van der Waals surface area contributed by atoms with E-state index in [0.29, 0.717) is 6.04 Å². The summed E-state index contributed by atoms with van der Waals surface area (Å²) >= 11 is 5.04. The third-order valence-corrected chi connectivity index (χ3v) is 5.86. The van der Waals surface area contributed by atoms with Gasteiger partial charge in [0.25, 0.3) is 5.91 Å². The van der Waals surface area contributed by atoms with Crippen LogP contribution in [-0.4, -0.2) is 23.4 Å². The number of carbonyl (C=O) groups excluding carboxylic acids is 1. The zero-order chi connectivity index (χ0) is 11.3. The lowest BCUT2D eigenvalue weighted by atomic mass is 10.1. The Kier molecular flexibility index (Phi) is 2.59. The number of thiophene rings is 1. The average Bonchev–Trinajstić information content (AvgIpc) is 2.94. The van der Waals surface area contributed by atoms with Crippen molar-refractivity contribution in [3.8, 4) is 0 Å². The van der Waals surface area contributed by atoms with E-state index < -0.39 is 0 Å². The lowest BCUT2D eigenvalue weighted by Crippen LogP contribution is -2.37. The molecule has 0 N–H and O–H groups in total. The van der Waals surface area contributed by atoms with Crippen LogP contribution in [0.3, 0.4) is 0 Å². The lowest BCUT2D eigenvalue weighted by molar-refractivity contribution is 0.0708. The van der Waals surface area contributed by atoms with Gasteiger partial charge in [-0.3, -0.25) is 4.79 Å². The predicted octanol–water partition coefficient (Wildman–Crippen LogP) is 3.44. The number of halogens is 1. The molecule has 1 aromatic rings. The fourth-order valence-electron chi connectivity index (χ4n) is 2.88. The topological polar surface area (TPSA) is 20.3 Å². The number of nitrogens with zero attached hydrogens (tertiary/aromatic N) is 1. The van der Waals surface area contributed by atoms with Crippen molar-refractivity contribution in [1.82, 2.24) is 4.90 Å². The third kappa shape index (κ3) is 1.63. The zero-order valence-corrected chi connectivity index (χ0v) is 11.6. The Balaban J connectivity index is 1.83. The highest BCUT2D eigenvalue weighted by molar-refractivity contribution is 9.11. The van der Waals surface area contributed by atoms with Crippen LogP contribution in [0.2, 0.25) is 0 Å². The SMILES string of the molecule is Cc1cc(C(=O)N2CC3CCC2C3)sc1Br. The molecule has 1 aliphatic carbocycles. The van der Waals surface area contributed by atoms with E-state index in [-0.39, 0.29) is 5.91 Å². The lowest BCUT2D eigenvalue weighted by Gasteiger charge is -2.26. The van der Waals surface area contributed by atoms with E-state index in [1.165, 1.54) is 19.3 Å². The molecule has 1 aliphatic heterocycles. The largest absolute Gasteiger partial charge is 0.335 e. The second kappa shape index (κ2) is 3.84.